The Balaban J connectivity index is 1.94. The minimum Gasteiger partial charge on any atom is -0.325 e. The van der Waals surface area contributed by atoms with Crippen LogP contribution in [0.15, 0.2) is 47.4 Å². The second kappa shape index (κ2) is 6.97. The third-order valence-corrected chi connectivity index (χ3v) is 4.09. The molecule has 104 valence electrons. The van der Waals surface area contributed by atoms with Crippen molar-refractivity contribution in [3.63, 3.8) is 0 Å². The van der Waals surface area contributed by atoms with Gasteiger partial charge in [-0.15, -0.1) is 11.8 Å². The first-order valence-electron chi connectivity index (χ1n) is 5.68. The standard InChI is InChI=1S/C14H10Cl2FNOS/c15-9-4-5-12(16)13(6-9)20-8-14(19)18-11-3-1-2-10(17)7-11/h1-7H,8H2,(H,18,19). The molecule has 0 unspecified atom stereocenters. The van der Waals surface area contributed by atoms with Gasteiger partial charge < -0.3 is 5.32 Å². The monoisotopic (exact) mass is 329 g/mol. The second-order valence-corrected chi connectivity index (χ2v) is 5.78. The van der Waals surface area contributed by atoms with E-state index < -0.39 is 5.82 Å². The molecule has 2 aromatic carbocycles. The highest BCUT2D eigenvalue weighted by Gasteiger charge is 2.07. The fraction of sp³-hybridized carbons (Fsp3) is 0.0714. The van der Waals surface area contributed by atoms with E-state index in [1.807, 2.05) is 0 Å². The van der Waals surface area contributed by atoms with Crippen LogP contribution in [0.5, 0.6) is 0 Å². The molecular formula is C14H10Cl2FNOS. The van der Waals surface area contributed by atoms with Gasteiger partial charge in [-0.05, 0) is 36.4 Å². The van der Waals surface area contributed by atoms with E-state index >= 15 is 0 Å². The van der Waals surface area contributed by atoms with Crippen LogP contribution in [0.25, 0.3) is 0 Å². The molecule has 0 atom stereocenters. The number of anilines is 1. The highest BCUT2D eigenvalue weighted by molar-refractivity contribution is 8.00. The zero-order chi connectivity index (χ0) is 14.5. The summed E-state index contributed by atoms with van der Waals surface area (Å²) in [4.78, 5) is 12.5. The van der Waals surface area contributed by atoms with Crippen LogP contribution in [-0.4, -0.2) is 11.7 Å². The van der Waals surface area contributed by atoms with Crippen LogP contribution in [0.1, 0.15) is 0 Å². The molecule has 0 saturated heterocycles. The number of benzene rings is 2. The normalized spacial score (nSPS) is 10.3. The molecule has 0 heterocycles. The summed E-state index contributed by atoms with van der Waals surface area (Å²) in [6.45, 7) is 0. The molecule has 0 fully saturated rings. The zero-order valence-electron chi connectivity index (χ0n) is 10.2. The molecular weight excluding hydrogens is 320 g/mol. The molecule has 0 radical (unpaired) electrons. The van der Waals surface area contributed by atoms with Gasteiger partial charge in [-0.1, -0.05) is 29.3 Å². The number of carbonyl (C=O) groups is 1. The maximum atomic E-state index is 13.0. The van der Waals surface area contributed by atoms with Gasteiger partial charge in [-0.2, -0.15) is 0 Å². The summed E-state index contributed by atoms with van der Waals surface area (Å²) in [5.74, 6) is -0.471. The Morgan fingerprint density at radius 1 is 1.20 bits per heavy atom. The van der Waals surface area contributed by atoms with Crippen molar-refractivity contribution in [2.75, 3.05) is 11.1 Å². The summed E-state index contributed by atoms with van der Waals surface area (Å²) in [7, 11) is 0. The number of amides is 1. The van der Waals surface area contributed by atoms with Crippen molar-refractivity contribution in [1.29, 1.82) is 0 Å². The topological polar surface area (TPSA) is 29.1 Å². The van der Waals surface area contributed by atoms with Gasteiger partial charge in [-0.25, -0.2) is 4.39 Å². The van der Waals surface area contributed by atoms with Gasteiger partial charge in [0, 0.05) is 15.6 Å². The molecule has 1 amide bonds. The van der Waals surface area contributed by atoms with Crippen LogP contribution in [0.3, 0.4) is 0 Å². The smallest absolute Gasteiger partial charge is 0.234 e. The minimum atomic E-state index is -0.395. The van der Waals surface area contributed by atoms with Crippen molar-refractivity contribution in [3.05, 3.63) is 58.3 Å². The van der Waals surface area contributed by atoms with Crippen LogP contribution in [0, 0.1) is 5.82 Å². The first-order valence-corrected chi connectivity index (χ1v) is 7.42. The van der Waals surface area contributed by atoms with Gasteiger partial charge in [-0.3, -0.25) is 4.79 Å². The summed E-state index contributed by atoms with van der Waals surface area (Å²) in [5.41, 5.74) is 0.424. The van der Waals surface area contributed by atoms with Crippen molar-refractivity contribution in [1.82, 2.24) is 0 Å². The quantitative estimate of drug-likeness (QED) is 0.811. The molecule has 0 saturated carbocycles. The Morgan fingerprint density at radius 3 is 2.75 bits per heavy atom. The predicted molar refractivity (Wildman–Crippen MR) is 82.2 cm³/mol. The number of hydrogen-bond acceptors (Lipinski definition) is 2. The average molecular weight is 330 g/mol. The average Bonchev–Trinajstić information content (AvgIpc) is 2.40. The van der Waals surface area contributed by atoms with Gasteiger partial charge in [0.15, 0.2) is 0 Å². The predicted octanol–water partition coefficient (Wildman–Crippen LogP) is 4.86. The Labute approximate surface area is 130 Å². The molecule has 2 nitrogen and oxygen atoms in total. The minimum absolute atomic E-state index is 0.163. The molecule has 20 heavy (non-hydrogen) atoms. The van der Waals surface area contributed by atoms with Crippen LogP contribution in [0.4, 0.5) is 10.1 Å². The van der Waals surface area contributed by atoms with Crippen molar-refractivity contribution < 1.29 is 9.18 Å². The van der Waals surface area contributed by atoms with Gasteiger partial charge in [0.2, 0.25) is 5.91 Å². The Morgan fingerprint density at radius 2 is 2.00 bits per heavy atom. The number of hydrogen-bond donors (Lipinski definition) is 1. The van der Waals surface area contributed by atoms with E-state index in [2.05, 4.69) is 5.32 Å². The molecule has 6 heteroatoms. The first kappa shape index (κ1) is 15.2. The Kier molecular flexibility index (Phi) is 5.29. The molecule has 0 aliphatic heterocycles. The maximum Gasteiger partial charge on any atom is 0.234 e. The molecule has 1 N–H and O–H groups in total. The Bertz CT molecular complexity index is 636. The number of thioether (sulfide) groups is 1. The maximum absolute atomic E-state index is 13.0. The zero-order valence-corrected chi connectivity index (χ0v) is 12.5. The van der Waals surface area contributed by atoms with Gasteiger partial charge in [0.25, 0.3) is 0 Å². The van der Waals surface area contributed by atoms with Gasteiger partial charge in [0.1, 0.15) is 5.82 Å². The summed E-state index contributed by atoms with van der Waals surface area (Å²) < 4.78 is 13.0. The molecule has 0 aliphatic carbocycles. The third kappa shape index (κ3) is 4.40. The van der Waals surface area contributed by atoms with Crippen molar-refractivity contribution in [3.8, 4) is 0 Å². The van der Waals surface area contributed by atoms with Crippen molar-refractivity contribution >= 4 is 46.6 Å². The van der Waals surface area contributed by atoms with E-state index in [1.165, 1.54) is 30.0 Å². The van der Waals surface area contributed by atoms with E-state index in [9.17, 15) is 9.18 Å². The SMILES string of the molecule is O=C(CSc1cc(Cl)ccc1Cl)Nc1cccc(F)c1. The molecule has 0 bridgehead atoms. The van der Waals surface area contributed by atoms with Crippen LogP contribution >= 0.6 is 35.0 Å². The Hall–Kier alpha value is -1.23. The van der Waals surface area contributed by atoms with Crippen molar-refractivity contribution in [2.24, 2.45) is 0 Å². The lowest BCUT2D eigenvalue weighted by Crippen LogP contribution is -2.14. The van der Waals surface area contributed by atoms with E-state index in [0.717, 1.165) is 4.90 Å². The van der Waals surface area contributed by atoms with Crippen LogP contribution in [0.2, 0.25) is 10.0 Å². The molecule has 0 aromatic heterocycles. The molecule has 0 aliphatic rings. The molecule has 2 aromatic rings. The fourth-order valence-electron chi connectivity index (χ4n) is 1.49. The summed E-state index contributed by atoms with van der Waals surface area (Å²) in [6, 6.07) is 10.8. The molecule has 0 spiro atoms. The van der Waals surface area contributed by atoms with Gasteiger partial charge in [0.05, 0.1) is 10.8 Å². The second-order valence-electron chi connectivity index (χ2n) is 3.92. The largest absolute Gasteiger partial charge is 0.325 e. The van der Waals surface area contributed by atoms with Crippen molar-refractivity contribution in [2.45, 2.75) is 4.90 Å². The highest BCUT2D eigenvalue weighted by Crippen LogP contribution is 2.29. The van der Waals surface area contributed by atoms with E-state index in [4.69, 9.17) is 23.2 Å². The number of halogens is 3. The van der Waals surface area contributed by atoms with Crippen LogP contribution in [-0.2, 0) is 4.79 Å². The molecule has 2 rings (SSSR count). The summed E-state index contributed by atoms with van der Waals surface area (Å²) in [5, 5.41) is 3.71. The fourth-order valence-corrected chi connectivity index (χ4v) is 2.79. The van der Waals surface area contributed by atoms with E-state index in [0.29, 0.717) is 15.7 Å². The van der Waals surface area contributed by atoms with E-state index in [-0.39, 0.29) is 11.7 Å². The van der Waals surface area contributed by atoms with Gasteiger partial charge >= 0.3 is 0 Å². The number of rotatable bonds is 4. The third-order valence-electron chi connectivity index (χ3n) is 2.36. The number of carbonyl (C=O) groups excluding carboxylic acids is 1. The lowest BCUT2D eigenvalue weighted by Gasteiger charge is -2.06. The summed E-state index contributed by atoms with van der Waals surface area (Å²) >= 11 is 13.1. The highest BCUT2D eigenvalue weighted by atomic mass is 35.5. The first-order chi connectivity index (χ1) is 9.54. The van der Waals surface area contributed by atoms with Crippen LogP contribution < -0.4 is 5.32 Å². The number of nitrogens with one attached hydrogen (secondary N) is 1. The lowest BCUT2D eigenvalue weighted by atomic mass is 10.3. The lowest BCUT2D eigenvalue weighted by molar-refractivity contribution is -0.113. The van der Waals surface area contributed by atoms with E-state index in [1.54, 1.807) is 24.3 Å². The summed E-state index contributed by atoms with van der Waals surface area (Å²) in [6.07, 6.45) is 0.